The third-order valence-corrected chi connectivity index (χ3v) is 6.04. The van der Waals surface area contributed by atoms with Gasteiger partial charge in [-0.25, -0.2) is 9.97 Å². The zero-order chi connectivity index (χ0) is 21.4. The summed E-state index contributed by atoms with van der Waals surface area (Å²) in [4.78, 5) is 8.49. The van der Waals surface area contributed by atoms with Crippen LogP contribution in [0.5, 0.6) is 0 Å². The Hall–Kier alpha value is -2.93. The van der Waals surface area contributed by atoms with Crippen LogP contribution in [0.2, 0.25) is 0 Å². The fourth-order valence-corrected chi connectivity index (χ4v) is 4.54. The number of para-hydroxylation sites is 1. The monoisotopic (exact) mass is 424 g/mol. The van der Waals surface area contributed by atoms with Gasteiger partial charge >= 0.3 is 6.18 Å². The molecule has 0 radical (unpaired) electrons. The number of nitrogens with zero attached hydrogens (tertiary/aromatic N) is 3. The number of nitrogens with one attached hydrogen (secondary N) is 1. The lowest BCUT2D eigenvalue weighted by Crippen LogP contribution is -2.30. The van der Waals surface area contributed by atoms with Crippen LogP contribution in [0.3, 0.4) is 0 Å². The molecule has 2 aromatic heterocycles. The van der Waals surface area contributed by atoms with E-state index in [4.69, 9.17) is 0 Å². The summed E-state index contributed by atoms with van der Waals surface area (Å²) in [6.45, 7) is 2.59. The van der Waals surface area contributed by atoms with E-state index >= 15 is 0 Å². The van der Waals surface area contributed by atoms with Gasteiger partial charge in [-0.15, -0.1) is 0 Å². The fraction of sp³-hybridized carbons (Fsp3) is 0.333. The summed E-state index contributed by atoms with van der Waals surface area (Å²) < 4.78 is 43.8. The number of imidazole rings is 1. The average Bonchev–Trinajstić information content (AvgIpc) is 3.17. The molecule has 1 aliphatic heterocycles. The first-order valence-corrected chi connectivity index (χ1v) is 10.6. The fourth-order valence-electron chi connectivity index (χ4n) is 4.54. The molecule has 160 valence electrons. The van der Waals surface area contributed by atoms with Gasteiger partial charge in [0.25, 0.3) is 0 Å². The third-order valence-electron chi connectivity index (χ3n) is 6.04. The van der Waals surface area contributed by atoms with E-state index in [1.807, 2.05) is 47.0 Å². The summed E-state index contributed by atoms with van der Waals surface area (Å²) in [7, 11) is 0. The lowest BCUT2D eigenvalue weighted by molar-refractivity contribution is -0.139. The number of fused-ring (bicyclic) bond motifs is 3. The molecule has 31 heavy (non-hydrogen) atoms. The van der Waals surface area contributed by atoms with Crippen molar-refractivity contribution < 1.29 is 13.2 Å². The molecule has 0 saturated carbocycles. The predicted octanol–water partition coefficient (Wildman–Crippen LogP) is 5.66. The first kappa shape index (κ1) is 20.0. The lowest BCUT2D eigenvalue weighted by Gasteiger charge is -2.23. The Morgan fingerprint density at radius 1 is 1.00 bits per heavy atom. The Labute approximate surface area is 178 Å². The highest BCUT2D eigenvalue weighted by molar-refractivity contribution is 6.04. The maximum Gasteiger partial charge on any atom is 0.435 e. The largest absolute Gasteiger partial charge is 0.435 e. The van der Waals surface area contributed by atoms with Crippen molar-refractivity contribution >= 4 is 21.9 Å². The van der Waals surface area contributed by atoms with Gasteiger partial charge in [-0.1, -0.05) is 48.5 Å². The topological polar surface area (TPSA) is 42.7 Å². The SMILES string of the molecule is FC(F)(F)c1nc2ccccc2c2c1nc(-c1ccccc1)n2CCC1CCCNC1. The van der Waals surface area contributed by atoms with E-state index < -0.39 is 11.9 Å². The second-order valence-electron chi connectivity index (χ2n) is 8.13. The van der Waals surface area contributed by atoms with Gasteiger partial charge in [-0.2, -0.15) is 13.2 Å². The molecule has 0 spiro atoms. The molecular weight excluding hydrogens is 401 g/mol. The lowest BCUT2D eigenvalue weighted by atomic mass is 9.96. The predicted molar refractivity (Wildman–Crippen MR) is 116 cm³/mol. The zero-order valence-corrected chi connectivity index (χ0v) is 17.0. The number of piperidine rings is 1. The third kappa shape index (κ3) is 3.78. The van der Waals surface area contributed by atoms with Gasteiger partial charge in [0.2, 0.25) is 0 Å². The smallest absolute Gasteiger partial charge is 0.323 e. The molecular formula is C24H23F3N4. The molecule has 4 aromatic rings. The van der Waals surface area contributed by atoms with E-state index in [1.165, 1.54) is 0 Å². The molecule has 5 rings (SSSR count). The number of aromatic nitrogens is 3. The summed E-state index contributed by atoms with van der Waals surface area (Å²) in [6.07, 6.45) is -1.43. The Morgan fingerprint density at radius 2 is 1.77 bits per heavy atom. The van der Waals surface area contributed by atoms with Gasteiger partial charge < -0.3 is 9.88 Å². The van der Waals surface area contributed by atoms with Crippen molar-refractivity contribution in [2.45, 2.75) is 32.0 Å². The van der Waals surface area contributed by atoms with E-state index in [0.717, 1.165) is 37.9 Å². The summed E-state index contributed by atoms with van der Waals surface area (Å²) in [5.74, 6) is 1.06. The van der Waals surface area contributed by atoms with Gasteiger partial charge in [0.1, 0.15) is 11.3 Å². The minimum Gasteiger partial charge on any atom is -0.323 e. The van der Waals surface area contributed by atoms with Crippen LogP contribution in [-0.4, -0.2) is 27.6 Å². The second-order valence-corrected chi connectivity index (χ2v) is 8.13. The van der Waals surface area contributed by atoms with Crippen LogP contribution in [0.15, 0.2) is 54.6 Å². The number of benzene rings is 2. The molecule has 3 heterocycles. The van der Waals surface area contributed by atoms with Crippen molar-refractivity contribution in [2.24, 2.45) is 5.92 Å². The Morgan fingerprint density at radius 3 is 2.52 bits per heavy atom. The van der Waals surface area contributed by atoms with Crippen molar-refractivity contribution in [2.75, 3.05) is 13.1 Å². The Kier molecular flexibility index (Phi) is 5.14. The van der Waals surface area contributed by atoms with Gasteiger partial charge in [-0.3, -0.25) is 0 Å². The van der Waals surface area contributed by atoms with Crippen molar-refractivity contribution in [1.29, 1.82) is 0 Å². The maximum absolute atomic E-state index is 13.9. The molecule has 1 saturated heterocycles. The molecule has 2 aromatic carbocycles. The number of alkyl halides is 3. The van der Waals surface area contributed by atoms with Crippen molar-refractivity contribution in [1.82, 2.24) is 19.9 Å². The highest BCUT2D eigenvalue weighted by Gasteiger charge is 2.37. The standard InChI is InChI=1S/C24H23F3N4/c25-24(26,27)22-20-21(18-10-4-5-11-19(18)29-22)31(14-12-16-7-6-13-28-15-16)23(30-20)17-8-2-1-3-9-17/h1-5,8-11,16,28H,6-7,12-15H2. The van der Waals surface area contributed by atoms with Gasteiger partial charge in [0.05, 0.1) is 11.0 Å². The van der Waals surface area contributed by atoms with Crippen LogP contribution in [0.1, 0.15) is 25.0 Å². The molecule has 0 amide bonds. The number of aryl methyl sites for hydroxylation is 1. The molecule has 7 heteroatoms. The number of rotatable bonds is 4. The van der Waals surface area contributed by atoms with Crippen LogP contribution in [0.4, 0.5) is 13.2 Å². The number of hydrogen-bond donors (Lipinski definition) is 1. The minimum atomic E-state index is -4.58. The molecule has 4 nitrogen and oxygen atoms in total. The van der Waals surface area contributed by atoms with Gasteiger partial charge in [0, 0.05) is 17.5 Å². The highest BCUT2D eigenvalue weighted by Crippen LogP contribution is 2.38. The quantitative estimate of drug-likeness (QED) is 0.460. The second kappa shape index (κ2) is 7.96. The van der Waals surface area contributed by atoms with E-state index in [1.54, 1.807) is 12.1 Å². The van der Waals surface area contributed by atoms with E-state index in [2.05, 4.69) is 15.3 Å². The average molecular weight is 424 g/mol. The summed E-state index contributed by atoms with van der Waals surface area (Å²) in [5, 5.41) is 4.12. The summed E-state index contributed by atoms with van der Waals surface area (Å²) >= 11 is 0. The van der Waals surface area contributed by atoms with E-state index in [0.29, 0.717) is 34.7 Å². The van der Waals surface area contributed by atoms with Gasteiger partial charge in [-0.05, 0) is 44.3 Å². The maximum atomic E-state index is 13.9. The van der Waals surface area contributed by atoms with Crippen LogP contribution >= 0.6 is 0 Å². The van der Waals surface area contributed by atoms with Crippen LogP contribution in [0, 0.1) is 5.92 Å². The Balaban J connectivity index is 1.75. The number of halogens is 3. The minimum absolute atomic E-state index is 0.0770. The van der Waals surface area contributed by atoms with E-state index in [9.17, 15) is 13.2 Å². The first-order chi connectivity index (χ1) is 15.0. The molecule has 0 aliphatic carbocycles. The summed E-state index contributed by atoms with van der Waals surface area (Å²) in [6, 6.07) is 16.5. The van der Waals surface area contributed by atoms with E-state index in [-0.39, 0.29) is 5.52 Å². The molecule has 1 N–H and O–H groups in total. The highest BCUT2D eigenvalue weighted by atomic mass is 19.4. The Bertz CT molecular complexity index is 1210. The number of hydrogen-bond acceptors (Lipinski definition) is 3. The van der Waals surface area contributed by atoms with Gasteiger partial charge in [0.15, 0.2) is 5.69 Å². The van der Waals surface area contributed by atoms with Crippen molar-refractivity contribution in [3.8, 4) is 11.4 Å². The molecule has 1 atom stereocenters. The summed E-state index contributed by atoms with van der Waals surface area (Å²) in [5.41, 5.74) is 0.656. The zero-order valence-electron chi connectivity index (χ0n) is 17.0. The number of pyridine rings is 1. The van der Waals surface area contributed by atoms with Crippen molar-refractivity contribution in [3.63, 3.8) is 0 Å². The molecule has 0 bridgehead atoms. The van der Waals surface area contributed by atoms with Crippen LogP contribution < -0.4 is 5.32 Å². The van der Waals surface area contributed by atoms with Crippen LogP contribution in [-0.2, 0) is 12.7 Å². The van der Waals surface area contributed by atoms with Crippen molar-refractivity contribution in [3.05, 3.63) is 60.3 Å². The normalized spacial score (nSPS) is 17.5. The van der Waals surface area contributed by atoms with Crippen LogP contribution in [0.25, 0.3) is 33.3 Å². The molecule has 1 unspecified atom stereocenters. The molecule has 1 fully saturated rings. The molecule has 1 aliphatic rings. The first-order valence-electron chi connectivity index (χ1n) is 10.6.